The molecule has 0 fully saturated rings. The molecule has 0 amide bonds. The lowest BCUT2D eigenvalue weighted by atomic mass is 10.1. The average molecular weight is 217 g/mol. The zero-order chi connectivity index (χ0) is 12.0. The van der Waals surface area contributed by atoms with Gasteiger partial charge in [0.25, 0.3) is 0 Å². The Morgan fingerprint density at radius 2 is 1.94 bits per heavy atom. The molecule has 0 aromatic heterocycles. The maximum absolute atomic E-state index is 12.7. The predicted octanol–water partition coefficient (Wildman–Crippen LogP) is 4.22. The van der Waals surface area contributed by atoms with Gasteiger partial charge in [0.2, 0.25) is 0 Å². The van der Waals surface area contributed by atoms with Gasteiger partial charge in [0.05, 0.1) is 0 Å². The van der Waals surface area contributed by atoms with E-state index in [2.05, 4.69) is 11.6 Å². The third kappa shape index (κ3) is 3.46. The van der Waals surface area contributed by atoms with E-state index in [1.54, 1.807) is 18.2 Å². The molecule has 0 N–H and O–H groups in total. The van der Waals surface area contributed by atoms with Crippen molar-refractivity contribution in [3.05, 3.63) is 54.0 Å². The molecule has 0 atom stereocenters. The highest BCUT2D eigenvalue weighted by Gasteiger charge is 1.99. The fourth-order valence-electron chi connectivity index (χ4n) is 1.27. The number of allylic oxidation sites excluding steroid dienone is 3. The van der Waals surface area contributed by atoms with Crippen molar-refractivity contribution in [3.8, 4) is 0 Å². The maximum atomic E-state index is 12.7. The van der Waals surface area contributed by atoms with E-state index in [0.29, 0.717) is 0 Å². The minimum Gasteiger partial charge on any atom is -0.265 e. The van der Waals surface area contributed by atoms with E-state index in [9.17, 15) is 4.39 Å². The molecular weight excluding hydrogens is 201 g/mol. The first kappa shape index (κ1) is 12.4. The van der Waals surface area contributed by atoms with Gasteiger partial charge in [0, 0.05) is 18.3 Å². The summed E-state index contributed by atoms with van der Waals surface area (Å²) in [5.41, 5.74) is 2.99. The van der Waals surface area contributed by atoms with Crippen molar-refractivity contribution in [1.82, 2.24) is 0 Å². The molecule has 0 aliphatic heterocycles. The highest BCUT2D eigenvalue weighted by Crippen LogP contribution is 2.18. The van der Waals surface area contributed by atoms with Crippen LogP contribution in [-0.4, -0.2) is 6.21 Å². The summed E-state index contributed by atoms with van der Waals surface area (Å²) in [6, 6.07) is 6.44. The summed E-state index contributed by atoms with van der Waals surface area (Å²) in [5.74, 6) is -0.218. The quantitative estimate of drug-likeness (QED) is 0.529. The van der Waals surface area contributed by atoms with Crippen LogP contribution in [0.25, 0.3) is 5.57 Å². The number of halogens is 1. The van der Waals surface area contributed by atoms with Crippen LogP contribution in [0.15, 0.2) is 47.6 Å². The third-order valence-corrected chi connectivity index (χ3v) is 2.38. The van der Waals surface area contributed by atoms with E-state index >= 15 is 0 Å². The highest BCUT2D eigenvalue weighted by atomic mass is 19.1. The molecule has 1 aromatic rings. The first-order valence-electron chi connectivity index (χ1n) is 5.22. The van der Waals surface area contributed by atoms with Gasteiger partial charge in [-0.05, 0) is 37.1 Å². The summed E-state index contributed by atoms with van der Waals surface area (Å²) in [4.78, 5) is 4.30. The van der Waals surface area contributed by atoms with Crippen LogP contribution in [0.1, 0.15) is 25.8 Å². The van der Waals surface area contributed by atoms with Crippen LogP contribution in [0.3, 0.4) is 0 Å². The van der Waals surface area contributed by atoms with Gasteiger partial charge in [0.1, 0.15) is 5.82 Å². The monoisotopic (exact) mass is 217 g/mol. The zero-order valence-electron chi connectivity index (χ0n) is 9.70. The van der Waals surface area contributed by atoms with Crippen LogP contribution in [0.2, 0.25) is 0 Å². The van der Waals surface area contributed by atoms with Crippen LogP contribution in [0.5, 0.6) is 0 Å². The first-order valence-corrected chi connectivity index (χ1v) is 5.22. The second-order valence-electron chi connectivity index (χ2n) is 3.55. The van der Waals surface area contributed by atoms with Crippen LogP contribution in [0, 0.1) is 5.82 Å². The fourth-order valence-corrected chi connectivity index (χ4v) is 1.27. The van der Waals surface area contributed by atoms with Crippen molar-refractivity contribution in [2.75, 3.05) is 0 Å². The molecule has 0 aliphatic rings. The molecule has 84 valence electrons. The molecular formula is C14H16FN. The number of nitrogens with zero attached hydrogens (tertiary/aromatic N) is 1. The highest BCUT2D eigenvalue weighted by molar-refractivity contribution is 5.69. The van der Waals surface area contributed by atoms with E-state index in [-0.39, 0.29) is 5.82 Å². The summed E-state index contributed by atoms with van der Waals surface area (Å²) >= 11 is 0. The second-order valence-corrected chi connectivity index (χ2v) is 3.55. The summed E-state index contributed by atoms with van der Waals surface area (Å²) in [7, 11) is 0. The summed E-state index contributed by atoms with van der Waals surface area (Å²) < 4.78 is 12.7. The molecule has 0 unspecified atom stereocenters. The fraction of sp³-hybridized carbons (Fsp3) is 0.214. The Labute approximate surface area is 96.0 Å². The van der Waals surface area contributed by atoms with E-state index in [1.165, 1.54) is 12.1 Å². The lowest BCUT2D eigenvalue weighted by Gasteiger charge is -2.03. The summed E-state index contributed by atoms with van der Waals surface area (Å²) in [5, 5.41) is 0. The SMILES string of the molecule is C=CCC=N/C(C)=C(\C)c1ccc(F)cc1. The number of benzene rings is 1. The molecule has 1 aromatic carbocycles. The van der Waals surface area contributed by atoms with E-state index < -0.39 is 0 Å². The maximum Gasteiger partial charge on any atom is 0.123 e. The normalized spacial score (nSPS) is 12.7. The Balaban J connectivity index is 2.90. The van der Waals surface area contributed by atoms with Crippen molar-refractivity contribution in [2.45, 2.75) is 20.3 Å². The standard InChI is InChI=1S/C14H16FN/c1-4-5-10-16-12(3)11(2)13-6-8-14(15)9-7-13/h4,6-10H,1,5H2,2-3H3/b12-11+,16-10?. The number of hydrogen-bond donors (Lipinski definition) is 0. The molecule has 0 bridgehead atoms. The van der Waals surface area contributed by atoms with E-state index in [4.69, 9.17) is 0 Å². The zero-order valence-corrected chi connectivity index (χ0v) is 9.70. The minimum absolute atomic E-state index is 0.218. The van der Waals surface area contributed by atoms with Crippen molar-refractivity contribution in [3.63, 3.8) is 0 Å². The van der Waals surface area contributed by atoms with Gasteiger partial charge in [-0.15, -0.1) is 6.58 Å². The lowest BCUT2D eigenvalue weighted by Crippen LogP contribution is -1.84. The van der Waals surface area contributed by atoms with Crippen LogP contribution >= 0.6 is 0 Å². The van der Waals surface area contributed by atoms with Crippen molar-refractivity contribution < 1.29 is 4.39 Å². The van der Waals surface area contributed by atoms with Gasteiger partial charge < -0.3 is 0 Å². The van der Waals surface area contributed by atoms with Gasteiger partial charge in [-0.3, -0.25) is 4.99 Å². The largest absolute Gasteiger partial charge is 0.265 e. The predicted molar refractivity (Wildman–Crippen MR) is 68.0 cm³/mol. The second kappa shape index (κ2) is 6.01. The Morgan fingerprint density at radius 3 is 2.50 bits per heavy atom. The molecule has 2 heteroatoms. The van der Waals surface area contributed by atoms with Gasteiger partial charge in [-0.25, -0.2) is 4.39 Å². The third-order valence-electron chi connectivity index (χ3n) is 2.38. The summed E-state index contributed by atoms with van der Waals surface area (Å²) in [6.07, 6.45) is 4.37. The van der Waals surface area contributed by atoms with E-state index in [0.717, 1.165) is 23.3 Å². The molecule has 0 saturated carbocycles. The molecule has 1 nitrogen and oxygen atoms in total. The van der Waals surface area contributed by atoms with Crippen molar-refractivity contribution in [1.29, 1.82) is 0 Å². The number of aliphatic imine (C=N–C) groups is 1. The Kier molecular flexibility index (Phi) is 4.65. The molecule has 0 spiro atoms. The minimum atomic E-state index is -0.218. The van der Waals surface area contributed by atoms with Gasteiger partial charge in [-0.2, -0.15) is 0 Å². The number of rotatable bonds is 4. The lowest BCUT2D eigenvalue weighted by molar-refractivity contribution is 0.627. The van der Waals surface area contributed by atoms with Gasteiger partial charge in [-0.1, -0.05) is 18.2 Å². The summed E-state index contributed by atoms with van der Waals surface area (Å²) in [6.45, 7) is 7.54. The smallest absolute Gasteiger partial charge is 0.123 e. The molecule has 0 saturated heterocycles. The topological polar surface area (TPSA) is 12.4 Å². The molecule has 16 heavy (non-hydrogen) atoms. The molecule has 0 radical (unpaired) electrons. The van der Waals surface area contributed by atoms with E-state index in [1.807, 2.05) is 20.1 Å². The van der Waals surface area contributed by atoms with Crippen molar-refractivity contribution >= 4 is 11.8 Å². The molecule has 0 aliphatic carbocycles. The van der Waals surface area contributed by atoms with Gasteiger partial charge >= 0.3 is 0 Å². The Hall–Kier alpha value is -1.70. The average Bonchev–Trinajstić information content (AvgIpc) is 2.29. The van der Waals surface area contributed by atoms with Crippen LogP contribution in [0.4, 0.5) is 4.39 Å². The molecule has 0 heterocycles. The van der Waals surface area contributed by atoms with Gasteiger partial charge in [0.15, 0.2) is 0 Å². The van der Waals surface area contributed by atoms with Crippen LogP contribution < -0.4 is 0 Å². The van der Waals surface area contributed by atoms with Crippen LogP contribution in [-0.2, 0) is 0 Å². The Morgan fingerprint density at radius 1 is 1.31 bits per heavy atom. The first-order chi connectivity index (χ1) is 7.65. The number of hydrogen-bond acceptors (Lipinski definition) is 1. The Bertz CT molecular complexity index is 413. The molecule has 1 rings (SSSR count). The van der Waals surface area contributed by atoms with Crippen molar-refractivity contribution in [2.24, 2.45) is 4.99 Å².